The highest BCUT2D eigenvalue weighted by Crippen LogP contribution is 2.20. The van der Waals surface area contributed by atoms with Crippen LogP contribution in [0.4, 0.5) is 0 Å². The van der Waals surface area contributed by atoms with E-state index in [1.165, 1.54) is 0 Å². The van der Waals surface area contributed by atoms with Crippen LogP contribution in [0.2, 0.25) is 0 Å². The lowest BCUT2D eigenvalue weighted by molar-refractivity contribution is 0.0560. The highest BCUT2D eigenvalue weighted by molar-refractivity contribution is 5.94. The van der Waals surface area contributed by atoms with Crippen LogP contribution in [0.25, 0.3) is 11.4 Å². The quantitative estimate of drug-likeness (QED) is 0.700. The van der Waals surface area contributed by atoms with Gasteiger partial charge in [0.25, 0.3) is 5.91 Å². The zero-order chi connectivity index (χ0) is 19.2. The van der Waals surface area contributed by atoms with E-state index in [9.17, 15) is 9.90 Å². The zero-order valence-corrected chi connectivity index (χ0v) is 15.6. The molecule has 3 aromatic rings. The fourth-order valence-electron chi connectivity index (χ4n) is 3.05. The molecule has 2 heterocycles. The van der Waals surface area contributed by atoms with Gasteiger partial charge in [0.1, 0.15) is 5.82 Å². The molecule has 1 atom stereocenters. The van der Waals surface area contributed by atoms with Gasteiger partial charge < -0.3 is 14.6 Å². The first-order valence-corrected chi connectivity index (χ1v) is 9.03. The molecule has 0 fully saturated rings. The summed E-state index contributed by atoms with van der Waals surface area (Å²) in [5.41, 5.74) is 2.32. The van der Waals surface area contributed by atoms with Gasteiger partial charge >= 0.3 is 0 Å². The summed E-state index contributed by atoms with van der Waals surface area (Å²) in [6.07, 6.45) is 6.01. The lowest BCUT2D eigenvalue weighted by Crippen LogP contribution is -2.41. The SMILES string of the molecule is CC[C@@H](CO)N(Cc1ccccn1)C(=O)c1ccc(-c2nccn2C)cc1. The first-order chi connectivity index (χ1) is 13.1. The van der Waals surface area contributed by atoms with E-state index >= 15 is 0 Å². The Labute approximate surface area is 159 Å². The number of nitrogens with zero attached hydrogens (tertiary/aromatic N) is 4. The maximum absolute atomic E-state index is 13.1. The van der Waals surface area contributed by atoms with Gasteiger partial charge in [-0.25, -0.2) is 4.98 Å². The van der Waals surface area contributed by atoms with E-state index in [2.05, 4.69) is 9.97 Å². The summed E-state index contributed by atoms with van der Waals surface area (Å²) in [4.78, 5) is 23.5. The van der Waals surface area contributed by atoms with Crippen LogP contribution < -0.4 is 0 Å². The number of hydrogen-bond donors (Lipinski definition) is 1. The van der Waals surface area contributed by atoms with Crippen molar-refractivity contribution in [2.24, 2.45) is 7.05 Å². The number of aliphatic hydroxyl groups excluding tert-OH is 1. The van der Waals surface area contributed by atoms with Crippen molar-refractivity contribution in [3.63, 3.8) is 0 Å². The Bertz CT molecular complexity index is 871. The van der Waals surface area contributed by atoms with Crippen LogP contribution in [0.15, 0.2) is 61.1 Å². The number of amides is 1. The molecule has 0 saturated heterocycles. The maximum atomic E-state index is 13.1. The largest absolute Gasteiger partial charge is 0.394 e. The molecule has 0 aliphatic carbocycles. The van der Waals surface area contributed by atoms with Crippen LogP contribution >= 0.6 is 0 Å². The van der Waals surface area contributed by atoms with E-state index in [0.717, 1.165) is 17.1 Å². The average molecular weight is 364 g/mol. The van der Waals surface area contributed by atoms with Crippen LogP contribution in [0.5, 0.6) is 0 Å². The van der Waals surface area contributed by atoms with Gasteiger partial charge in [-0.2, -0.15) is 0 Å². The van der Waals surface area contributed by atoms with Crippen molar-refractivity contribution in [1.82, 2.24) is 19.4 Å². The van der Waals surface area contributed by atoms with Gasteiger partial charge in [0.15, 0.2) is 0 Å². The first-order valence-electron chi connectivity index (χ1n) is 9.03. The molecule has 0 unspecified atom stereocenters. The van der Waals surface area contributed by atoms with E-state index in [4.69, 9.17) is 0 Å². The van der Waals surface area contributed by atoms with Crippen LogP contribution in [0.3, 0.4) is 0 Å². The minimum Gasteiger partial charge on any atom is -0.394 e. The van der Waals surface area contributed by atoms with Gasteiger partial charge in [-0.15, -0.1) is 0 Å². The van der Waals surface area contributed by atoms with E-state index < -0.39 is 0 Å². The number of hydrogen-bond acceptors (Lipinski definition) is 4. The smallest absolute Gasteiger partial charge is 0.254 e. The summed E-state index contributed by atoms with van der Waals surface area (Å²) in [5, 5.41) is 9.74. The van der Waals surface area contributed by atoms with Gasteiger partial charge in [-0.3, -0.25) is 9.78 Å². The number of rotatable bonds is 7. The van der Waals surface area contributed by atoms with Crippen LogP contribution in [-0.4, -0.2) is 43.1 Å². The van der Waals surface area contributed by atoms with Crippen molar-refractivity contribution < 1.29 is 9.90 Å². The molecule has 0 spiro atoms. The Balaban J connectivity index is 1.85. The molecule has 3 rings (SSSR count). The zero-order valence-electron chi connectivity index (χ0n) is 15.6. The fraction of sp³-hybridized carbons (Fsp3) is 0.286. The van der Waals surface area contributed by atoms with Crippen molar-refractivity contribution in [3.8, 4) is 11.4 Å². The highest BCUT2D eigenvalue weighted by Gasteiger charge is 2.24. The minimum atomic E-state index is -0.256. The normalized spacial score (nSPS) is 12.0. The molecular formula is C21H24N4O2. The highest BCUT2D eigenvalue weighted by atomic mass is 16.3. The maximum Gasteiger partial charge on any atom is 0.254 e. The van der Waals surface area contributed by atoms with Gasteiger partial charge in [-0.05, 0) is 30.7 Å². The van der Waals surface area contributed by atoms with E-state index in [0.29, 0.717) is 18.5 Å². The van der Waals surface area contributed by atoms with Gasteiger partial charge in [0.2, 0.25) is 0 Å². The predicted molar refractivity (Wildman–Crippen MR) is 104 cm³/mol. The number of carbonyl (C=O) groups excluding carboxylic acids is 1. The second-order valence-electron chi connectivity index (χ2n) is 6.44. The summed E-state index contributed by atoms with van der Waals surface area (Å²) >= 11 is 0. The first kappa shape index (κ1) is 18.8. The molecule has 0 saturated carbocycles. The number of aromatic nitrogens is 3. The lowest BCUT2D eigenvalue weighted by Gasteiger charge is -2.30. The molecule has 27 heavy (non-hydrogen) atoms. The van der Waals surface area contributed by atoms with E-state index in [1.54, 1.807) is 17.3 Å². The van der Waals surface area contributed by atoms with Crippen LogP contribution in [0.1, 0.15) is 29.4 Å². The fourth-order valence-corrected chi connectivity index (χ4v) is 3.05. The molecule has 0 bridgehead atoms. The molecule has 0 aliphatic rings. The van der Waals surface area contributed by atoms with Gasteiger partial charge in [-0.1, -0.05) is 25.1 Å². The Kier molecular flexibility index (Phi) is 5.98. The molecule has 1 amide bonds. The van der Waals surface area contributed by atoms with Crippen LogP contribution in [0, 0.1) is 0 Å². The average Bonchev–Trinajstić information content (AvgIpc) is 3.14. The Morgan fingerprint density at radius 2 is 1.93 bits per heavy atom. The summed E-state index contributed by atoms with van der Waals surface area (Å²) in [5.74, 6) is 0.731. The lowest BCUT2D eigenvalue weighted by atomic mass is 10.1. The summed E-state index contributed by atoms with van der Waals surface area (Å²) in [6, 6.07) is 12.8. The molecule has 6 nitrogen and oxygen atoms in total. The number of pyridine rings is 1. The van der Waals surface area contributed by atoms with Crippen LogP contribution in [-0.2, 0) is 13.6 Å². The Morgan fingerprint density at radius 1 is 1.15 bits per heavy atom. The van der Waals surface area contributed by atoms with Crippen molar-refractivity contribution in [3.05, 3.63) is 72.3 Å². The van der Waals surface area contributed by atoms with Gasteiger partial charge in [0, 0.05) is 36.8 Å². The standard InChI is InChI=1S/C21H24N4O2/c1-3-19(15-26)25(14-18-6-4-5-11-22-18)21(27)17-9-7-16(8-10-17)20-23-12-13-24(20)2/h4-13,19,26H,3,14-15H2,1-2H3/t19-/m0/s1. The number of aryl methyl sites for hydroxylation is 1. The van der Waals surface area contributed by atoms with Crippen molar-refractivity contribution in [2.45, 2.75) is 25.9 Å². The second kappa shape index (κ2) is 8.60. The topological polar surface area (TPSA) is 71.2 Å². The number of aliphatic hydroxyl groups is 1. The van der Waals surface area contributed by atoms with Crippen molar-refractivity contribution >= 4 is 5.91 Å². The van der Waals surface area contributed by atoms with E-state index in [1.807, 2.05) is 67.2 Å². The number of carbonyl (C=O) groups is 1. The number of benzene rings is 1. The molecule has 2 aromatic heterocycles. The van der Waals surface area contributed by atoms with E-state index in [-0.39, 0.29) is 18.6 Å². The third-order valence-electron chi connectivity index (χ3n) is 4.65. The number of imidazole rings is 1. The third kappa shape index (κ3) is 4.23. The van der Waals surface area contributed by atoms with Crippen molar-refractivity contribution in [1.29, 1.82) is 0 Å². The molecular weight excluding hydrogens is 340 g/mol. The Hall–Kier alpha value is -2.99. The molecule has 1 aromatic carbocycles. The molecule has 140 valence electrons. The predicted octanol–water partition coefficient (Wildman–Crippen LogP) is 2.90. The summed E-state index contributed by atoms with van der Waals surface area (Å²) in [7, 11) is 1.93. The minimum absolute atomic E-state index is 0.0829. The molecule has 1 N–H and O–H groups in total. The molecule has 0 aliphatic heterocycles. The summed E-state index contributed by atoms with van der Waals surface area (Å²) < 4.78 is 1.93. The third-order valence-corrected chi connectivity index (χ3v) is 4.65. The van der Waals surface area contributed by atoms with Gasteiger partial charge in [0.05, 0.1) is 24.9 Å². The molecule has 6 heteroatoms. The van der Waals surface area contributed by atoms with Crippen molar-refractivity contribution in [2.75, 3.05) is 6.61 Å². The summed E-state index contributed by atoms with van der Waals surface area (Å²) in [6.45, 7) is 2.24. The second-order valence-corrected chi connectivity index (χ2v) is 6.44. The monoisotopic (exact) mass is 364 g/mol. The Morgan fingerprint density at radius 3 is 2.48 bits per heavy atom. The molecule has 0 radical (unpaired) electrons.